The van der Waals surface area contributed by atoms with E-state index >= 15 is 0 Å². The zero-order valence-electron chi connectivity index (χ0n) is 11.9. The maximum absolute atomic E-state index is 11.9. The molecule has 0 radical (unpaired) electrons. The number of likely N-dealkylation sites (N-methyl/N-ethyl adjacent to an activating group) is 1. The number of carbonyl (C=O) groups is 2. The van der Waals surface area contributed by atoms with E-state index in [2.05, 4.69) is 5.32 Å². The van der Waals surface area contributed by atoms with Crippen LogP contribution in [0.15, 0.2) is 18.2 Å². The molecule has 1 aromatic rings. The van der Waals surface area contributed by atoms with Crippen LogP contribution >= 0.6 is 23.2 Å². The van der Waals surface area contributed by atoms with Crippen molar-refractivity contribution < 1.29 is 14.7 Å². The van der Waals surface area contributed by atoms with Gasteiger partial charge < -0.3 is 10.4 Å². The van der Waals surface area contributed by atoms with Crippen LogP contribution in [0.4, 0.5) is 5.69 Å². The summed E-state index contributed by atoms with van der Waals surface area (Å²) < 4.78 is 0. The molecule has 1 amide bonds. The first kappa shape index (κ1) is 17.8. The topological polar surface area (TPSA) is 69.6 Å². The molecule has 0 saturated carbocycles. The highest BCUT2D eigenvalue weighted by atomic mass is 35.5. The molecular formula is C14H18Cl2N2O3. The number of halogens is 2. The molecule has 0 aliphatic carbocycles. The average Bonchev–Trinajstić information content (AvgIpc) is 2.41. The highest BCUT2D eigenvalue weighted by molar-refractivity contribution is 6.39. The number of rotatable bonds is 7. The summed E-state index contributed by atoms with van der Waals surface area (Å²) in [6.07, 6.45) is 0.631. The van der Waals surface area contributed by atoms with Gasteiger partial charge in [-0.1, -0.05) is 36.2 Å². The van der Waals surface area contributed by atoms with Gasteiger partial charge in [0.05, 0.1) is 15.7 Å². The molecule has 1 aromatic carbocycles. The second-order valence-corrected chi connectivity index (χ2v) is 5.45. The maximum Gasteiger partial charge on any atom is 0.320 e. The molecule has 0 aliphatic heterocycles. The van der Waals surface area contributed by atoms with Gasteiger partial charge >= 0.3 is 5.97 Å². The fourth-order valence-corrected chi connectivity index (χ4v) is 2.42. The molecule has 116 valence electrons. The third-order valence-electron chi connectivity index (χ3n) is 3.12. The van der Waals surface area contributed by atoms with E-state index in [-0.39, 0.29) is 12.3 Å². The molecular weight excluding hydrogens is 315 g/mol. The molecule has 0 heterocycles. The first-order valence-electron chi connectivity index (χ1n) is 6.53. The first-order chi connectivity index (χ1) is 9.86. The van der Waals surface area contributed by atoms with Gasteiger partial charge in [-0.15, -0.1) is 0 Å². The number of carbonyl (C=O) groups excluding carboxylic acids is 1. The first-order valence-corrected chi connectivity index (χ1v) is 7.29. The summed E-state index contributed by atoms with van der Waals surface area (Å²) >= 11 is 11.9. The van der Waals surface area contributed by atoms with Crippen LogP contribution in [0.5, 0.6) is 0 Å². The molecule has 5 nitrogen and oxygen atoms in total. The van der Waals surface area contributed by atoms with E-state index in [0.717, 1.165) is 0 Å². The fourth-order valence-electron chi connectivity index (χ4n) is 1.93. The monoisotopic (exact) mass is 332 g/mol. The number of hydrogen-bond donors (Lipinski definition) is 2. The molecule has 0 saturated heterocycles. The van der Waals surface area contributed by atoms with E-state index in [9.17, 15) is 9.59 Å². The second-order valence-electron chi connectivity index (χ2n) is 4.64. The standard InChI is InChI=1S/C14H18Cl2N2O3/c1-3-11(14(20)21)18(2)8-7-12(19)17-13-9(15)5-4-6-10(13)16/h4-6,11H,3,7-8H2,1-2H3,(H,17,19)(H,20,21). The Balaban J connectivity index is 2.57. The molecule has 0 spiro atoms. The summed E-state index contributed by atoms with van der Waals surface area (Å²) in [5.41, 5.74) is 0.374. The summed E-state index contributed by atoms with van der Waals surface area (Å²) in [5.74, 6) is -1.16. The van der Waals surface area contributed by atoms with E-state index in [0.29, 0.717) is 28.7 Å². The van der Waals surface area contributed by atoms with Crippen LogP contribution in [0.3, 0.4) is 0 Å². The Morgan fingerprint density at radius 1 is 1.33 bits per heavy atom. The number of anilines is 1. The lowest BCUT2D eigenvalue weighted by atomic mass is 10.2. The van der Waals surface area contributed by atoms with E-state index in [1.807, 2.05) is 0 Å². The Morgan fingerprint density at radius 3 is 2.38 bits per heavy atom. The molecule has 0 aromatic heterocycles. The van der Waals surface area contributed by atoms with E-state index in [1.165, 1.54) is 0 Å². The average molecular weight is 333 g/mol. The third kappa shape index (κ3) is 5.19. The number of benzene rings is 1. The molecule has 1 rings (SSSR count). The summed E-state index contributed by atoms with van der Waals surface area (Å²) in [6, 6.07) is 4.35. The lowest BCUT2D eigenvalue weighted by Gasteiger charge is -2.23. The molecule has 0 fully saturated rings. The quantitative estimate of drug-likeness (QED) is 0.804. The van der Waals surface area contributed by atoms with Crippen LogP contribution in [-0.2, 0) is 9.59 Å². The zero-order valence-corrected chi connectivity index (χ0v) is 13.4. The van der Waals surface area contributed by atoms with Crippen molar-refractivity contribution in [2.24, 2.45) is 0 Å². The van der Waals surface area contributed by atoms with Crippen molar-refractivity contribution in [2.45, 2.75) is 25.8 Å². The van der Waals surface area contributed by atoms with Gasteiger partial charge in [-0.3, -0.25) is 14.5 Å². The smallest absolute Gasteiger partial charge is 0.320 e. The second kappa shape index (κ2) is 8.22. The minimum atomic E-state index is -0.894. The molecule has 0 aliphatic rings. The Kier molecular flexibility index (Phi) is 6.95. The Labute approximate surface area is 133 Å². The van der Waals surface area contributed by atoms with Gasteiger partial charge in [0, 0.05) is 13.0 Å². The van der Waals surface area contributed by atoms with Crippen molar-refractivity contribution in [3.8, 4) is 0 Å². The van der Waals surface area contributed by atoms with Crippen LogP contribution < -0.4 is 5.32 Å². The normalized spacial score (nSPS) is 12.2. The molecule has 7 heteroatoms. The number of carboxylic acids is 1. The maximum atomic E-state index is 11.9. The predicted octanol–water partition coefficient (Wildman–Crippen LogP) is 3.12. The third-order valence-corrected chi connectivity index (χ3v) is 3.75. The van der Waals surface area contributed by atoms with Crippen LogP contribution in [0.1, 0.15) is 19.8 Å². The number of hydrogen-bond acceptors (Lipinski definition) is 3. The van der Waals surface area contributed by atoms with Crippen molar-refractivity contribution in [2.75, 3.05) is 18.9 Å². The van der Waals surface area contributed by atoms with Crippen LogP contribution in [-0.4, -0.2) is 41.5 Å². The number of nitrogens with one attached hydrogen (secondary N) is 1. The molecule has 2 N–H and O–H groups in total. The highest BCUT2D eigenvalue weighted by Gasteiger charge is 2.20. The van der Waals surface area contributed by atoms with Gasteiger partial charge in [0.2, 0.25) is 5.91 Å². The van der Waals surface area contributed by atoms with Crippen LogP contribution in [0.2, 0.25) is 10.0 Å². The largest absolute Gasteiger partial charge is 0.480 e. The van der Waals surface area contributed by atoms with Crippen molar-refractivity contribution in [3.05, 3.63) is 28.2 Å². The van der Waals surface area contributed by atoms with Gasteiger partial charge in [0.1, 0.15) is 6.04 Å². The Bertz CT molecular complexity index is 503. The van der Waals surface area contributed by atoms with Crippen molar-refractivity contribution in [1.82, 2.24) is 4.90 Å². The number of carboxylic acid groups (broad SMARTS) is 1. The van der Waals surface area contributed by atoms with Crippen LogP contribution in [0.25, 0.3) is 0 Å². The minimum Gasteiger partial charge on any atom is -0.480 e. The lowest BCUT2D eigenvalue weighted by Crippen LogP contribution is -2.39. The number of para-hydroxylation sites is 1. The van der Waals surface area contributed by atoms with Crippen molar-refractivity contribution >= 4 is 40.8 Å². The number of nitrogens with zero attached hydrogens (tertiary/aromatic N) is 1. The van der Waals surface area contributed by atoms with E-state index < -0.39 is 12.0 Å². The SMILES string of the molecule is CCC(C(=O)O)N(C)CCC(=O)Nc1c(Cl)cccc1Cl. The molecule has 21 heavy (non-hydrogen) atoms. The Morgan fingerprint density at radius 2 is 1.90 bits per heavy atom. The fraction of sp³-hybridized carbons (Fsp3) is 0.429. The van der Waals surface area contributed by atoms with Crippen LogP contribution in [0, 0.1) is 0 Å². The summed E-state index contributed by atoms with van der Waals surface area (Å²) in [6.45, 7) is 2.12. The molecule has 0 bridgehead atoms. The number of aliphatic carboxylic acids is 1. The number of amides is 1. The van der Waals surface area contributed by atoms with Gasteiger partial charge in [0.25, 0.3) is 0 Å². The van der Waals surface area contributed by atoms with Gasteiger partial charge in [-0.2, -0.15) is 0 Å². The summed E-state index contributed by atoms with van der Waals surface area (Å²) in [7, 11) is 1.68. The zero-order chi connectivity index (χ0) is 16.0. The molecule has 1 atom stereocenters. The van der Waals surface area contributed by atoms with Gasteiger partial charge in [0.15, 0.2) is 0 Å². The van der Waals surface area contributed by atoms with E-state index in [4.69, 9.17) is 28.3 Å². The van der Waals surface area contributed by atoms with Gasteiger partial charge in [-0.25, -0.2) is 0 Å². The molecule has 1 unspecified atom stereocenters. The highest BCUT2D eigenvalue weighted by Crippen LogP contribution is 2.29. The predicted molar refractivity (Wildman–Crippen MR) is 84.1 cm³/mol. The summed E-state index contributed by atoms with van der Waals surface area (Å²) in [4.78, 5) is 24.6. The van der Waals surface area contributed by atoms with E-state index in [1.54, 1.807) is 37.1 Å². The van der Waals surface area contributed by atoms with Crippen molar-refractivity contribution in [3.63, 3.8) is 0 Å². The van der Waals surface area contributed by atoms with Crippen molar-refractivity contribution in [1.29, 1.82) is 0 Å². The summed E-state index contributed by atoms with van der Waals surface area (Å²) in [5, 5.41) is 12.4. The lowest BCUT2D eigenvalue weighted by molar-refractivity contribution is -0.143. The Hall–Kier alpha value is -1.30. The van der Waals surface area contributed by atoms with Gasteiger partial charge in [-0.05, 0) is 25.6 Å². The minimum absolute atomic E-state index is 0.155.